The predicted molar refractivity (Wildman–Crippen MR) is 67.5 cm³/mol. The Kier molecular flexibility index (Phi) is 2.79. The fourth-order valence-corrected chi connectivity index (χ4v) is 2.22. The van der Waals surface area contributed by atoms with Gasteiger partial charge in [0.1, 0.15) is 11.3 Å². The molecule has 0 aliphatic heterocycles. The van der Waals surface area contributed by atoms with Crippen LogP contribution in [-0.4, -0.2) is 37.0 Å². The van der Waals surface area contributed by atoms with E-state index >= 15 is 0 Å². The molecular weight excluding hydrogens is 271 g/mol. The number of aromatic amines is 1. The van der Waals surface area contributed by atoms with E-state index in [0.29, 0.717) is 22.1 Å². The summed E-state index contributed by atoms with van der Waals surface area (Å²) in [7, 11) is 0. The summed E-state index contributed by atoms with van der Waals surface area (Å²) in [4.78, 5) is 17.6. The van der Waals surface area contributed by atoms with Crippen molar-refractivity contribution in [2.24, 2.45) is 0 Å². The number of hydrogen-bond donors (Lipinski definition) is 2. The molecule has 8 heteroatoms. The third kappa shape index (κ3) is 2.22. The number of thioether (sulfide) groups is 1. The Morgan fingerprint density at radius 3 is 3.05 bits per heavy atom. The molecule has 0 amide bonds. The van der Waals surface area contributed by atoms with Crippen molar-refractivity contribution in [2.75, 3.05) is 5.75 Å². The molecule has 0 unspecified atom stereocenters. The summed E-state index contributed by atoms with van der Waals surface area (Å²) >= 11 is 0.978. The number of fused-ring (bicyclic) bond motifs is 3. The first-order chi connectivity index (χ1) is 9.13. The average Bonchev–Trinajstić information content (AvgIpc) is 2.73. The standard InChI is InChI=1S/C11H7FN4O2S/c12-5-1-2-7-6(3-5)9-10(13-7)14-11(16-15-9)19-4-8(17)18/h1-3H,4H2,(H,17,18)(H,13,14,16). The van der Waals surface area contributed by atoms with E-state index in [1.165, 1.54) is 12.1 Å². The first kappa shape index (κ1) is 11.8. The maximum Gasteiger partial charge on any atom is 0.313 e. The Bertz CT molecular complexity index is 789. The van der Waals surface area contributed by atoms with E-state index in [4.69, 9.17) is 5.11 Å². The van der Waals surface area contributed by atoms with Gasteiger partial charge in [-0.2, -0.15) is 0 Å². The molecule has 0 fully saturated rings. The first-order valence-electron chi connectivity index (χ1n) is 5.30. The van der Waals surface area contributed by atoms with E-state index in [1.54, 1.807) is 6.07 Å². The van der Waals surface area contributed by atoms with Gasteiger partial charge in [0.2, 0.25) is 5.16 Å². The molecule has 0 bridgehead atoms. The molecule has 2 N–H and O–H groups in total. The third-order valence-electron chi connectivity index (χ3n) is 2.48. The second kappa shape index (κ2) is 4.47. The molecule has 0 aliphatic rings. The second-order valence-corrected chi connectivity index (χ2v) is 4.73. The first-order valence-corrected chi connectivity index (χ1v) is 6.28. The van der Waals surface area contributed by atoms with Gasteiger partial charge in [0.05, 0.1) is 5.75 Å². The number of hydrogen-bond acceptors (Lipinski definition) is 5. The summed E-state index contributed by atoms with van der Waals surface area (Å²) in [6, 6.07) is 4.29. The van der Waals surface area contributed by atoms with Crippen LogP contribution >= 0.6 is 11.8 Å². The van der Waals surface area contributed by atoms with Gasteiger partial charge in [0, 0.05) is 10.9 Å². The molecule has 0 saturated heterocycles. The smallest absolute Gasteiger partial charge is 0.313 e. The van der Waals surface area contributed by atoms with Crippen molar-refractivity contribution >= 4 is 39.8 Å². The number of H-pyrrole nitrogens is 1. The fraction of sp³-hybridized carbons (Fsp3) is 0.0909. The molecule has 0 saturated carbocycles. The Morgan fingerprint density at radius 2 is 2.26 bits per heavy atom. The maximum absolute atomic E-state index is 13.2. The third-order valence-corrected chi connectivity index (χ3v) is 3.30. The van der Waals surface area contributed by atoms with E-state index in [2.05, 4.69) is 20.2 Å². The zero-order valence-electron chi connectivity index (χ0n) is 9.42. The highest BCUT2D eigenvalue weighted by Gasteiger charge is 2.11. The highest BCUT2D eigenvalue weighted by molar-refractivity contribution is 7.99. The zero-order chi connectivity index (χ0) is 13.4. The Hall–Kier alpha value is -2.22. The number of aliphatic carboxylic acids is 1. The van der Waals surface area contributed by atoms with Crippen LogP contribution in [0.5, 0.6) is 0 Å². The lowest BCUT2D eigenvalue weighted by Crippen LogP contribution is -2.00. The molecule has 0 aliphatic carbocycles. The number of halogens is 1. The molecular formula is C11H7FN4O2S. The van der Waals surface area contributed by atoms with Crippen LogP contribution in [0.25, 0.3) is 22.1 Å². The summed E-state index contributed by atoms with van der Waals surface area (Å²) in [6.07, 6.45) is 0. The van der Waals surface area contributed by atoms with Crippen molar-refractivity contribution < 1.29 is 14.3 Å². The number of benzene rings is 1. The van der Waals surface area contributed by atoms with Gasteiger partial charge in [0.15, 0.2) is 5.65 Å². The number of nitrogens with zero attached hydrogens (tertiary/aromatic N) is 3. The van der Waals surface area contributed by atoms with E-state index in [9.17, 15) is 9.18 Å². The largest absolute Gasteiger partial charge is 0.481 e. The van der Waals surface area contributed by atoms with Gasteiger partial charge < -0.3 is 10.1 Å². The average molecular weight is 278 g/mol. The predicted octanol–water partition coefficient (Wildman–Crippen LogP) is 1.82. The zero-order valence-corrected chi connectivity index (χ0v) is 10.2. The van der Waals surface area contributed by atoms with E-state index < -0.39 is 5.97 Å². The van der Waals surface area contributed by atoms with Crippen molar-refractivity contribution in [3.63, 3.8) is 0 Å². The van der Waals surface area contributed by atoms with Crippen LogP contribution in [0.4, 0.5) is 4.39 Å². The van der Waals surface area contributed by atoms with Crippen LogP contribution < -0.4 is 0 Å². The number of carboxylic acid groups (broad SMARTS) is 1. The van der Waals surface area contributed by atoms with Gasteiger partial charge in [-0.3, -0.25) is 4.79 Å². The minimum Gasteiger partial charge on any atom is -0.481 e. The maximum atomic E-state index is 13.2. The molecule has 19 heavy (non-hydrogen) atoms. The molecule has 2 aromatic heterocycles. The number of aromatic nitrogens is 4. The molecule has 3 rings (SSSR count). The Morgan fingerprint density at radius 1 is 1.42 bits per heavy atom. The lowest BCUT2D eigenvalue weighted by atomic mass is 10.2. The van der Waals surface area contributed by atoms with E-state index in [-0.39, 0.29) is 16.7 Å². The second-order valence-electron chi connectivity index (χ2n) is 3.79. The Labute approximate surface area is 110 Å². The topological polar surface area (TPSA) is 91.8 Å². The number of carboxylic acids is 1. The lowest BCUT2D eigenvalue weighted by molar-refractivity contribution is -0.133. The molecule has 0 radical (unpaired) electrons. The van der Waals surface area contributed by atoms with Gasteiger partial charge in [-0.1, -0.05) is 11.8 Å². The summed E-state index contributed by atoms with van der Waals surface area (Å²) < 4.78 is 13.2. The summed E-state index contributed by atoms with van der Waals surface area (Å²) in [6.45, 7) is 0. The van der Waals surface area contributed by atoms with Crippen LogP contribution in [-0.2, 0) is 4.79 Å². The van der Waals surface area contributed by atoms with E-state index in [0.717, 1.165) is 11.8 Å². The minimum absolute atomic E-state index is 0.137. The SMILES string of the molecule is O=C(O)CSc1nnc2c(n1)[nH]c1ccc(F)cc12. The van der Waals surface area contributed by atoms with Crippen molar-refractivity contribution in [3.8, 4) is 0 Å². The molecule has 0 spiro atoms. The Balaban J connectivity index is 2.08. The van der Waals surface area contributed by atoms with Gasteiger partial charge in [0.25, 0.3) is 0 Å². The van der Waals surface area contributed by atoms with Gasteiger partial charge in [-0.25, -0.2) is 9.37 Å². The van der Waals surface area contributed by atoms with Crippen molar-refractivity contribution in [2.45, 2.75) is 5.16 Å². The van der Waals surface area contributed by atoms with Crippen LogP contribution in [0.1, 0.15) is 0 Å². The lowest BCUT2D eigenvalue weighted by Gasteiger charge is -1.95. The van der Waals surface area contributed by atoms with Gasteiger partial charge >= 0.3 is 5.97 Å². The normalized spacial score (nSPS) is 11.2. The van der Waals surface area contributed by atoms with Gasteiger partial charge in [-0.05, 0) is 18.2 Å². The fourth-order valence-electron chi connectivity index (χ4n) is 1.72. The molecule has 1 aromatic carbocycles. The van der Waals surface area contributed by atoms with Crippen molar-refractivity contribution in [1.29, 1.82) is 0 Å². The molecule has 3 aromatic rings. The quantitative estimate of drug-likeness (QED) is 0.710. The number of rotatable bonds is 3. The number of carbonyl (C=O) groups is 1. The minimum atomic E-state index is -0.951. The summed E-state index contributed by atoms with van der Waals surface area (Å²) in [5.74, 6) is -1.45. The van der Waals surface area contributed by atoms with Crippen molar-refractivity contribution in [1.82, 2.24) is 20.2 Å². The monoisotopic (exact) mass is 278 g/mol. The van der Waals surface area contributed by atoms with Crippen molar-refractivity contribution in [3.05, 3.63) is 24.0 Å². The molecule has 2 heterocycles. The summed E-state index contributed by atoms with van der Waals surface area (Å²) in [5, 5.41) is 17.2. The highest BCUT2D eigenvalue weighted by atomic mass is 32.2. The number of nitrogens with one attached hydrogen (secondary N) is 1. The summed E-state index contributed by atoms with van der Waals surface area (Å²) in [5.41, 5.74) is 1.64. The van der Waals surface area contributed by atoms with Crippen LogP contribution in [0.2, 0.25) is 0 Å². The molecule has 6 nitrogen and oxygen atoms in total. The van der Waals surface area contributed by atoms with Gasteiger partial charge in [-0.15, -0.1) is 10.2 Å². The van der Waals surface area contributed by atoms with Crippen LogP contribution in [0.3, 0.4) is 0 Å². The highest BCUT2D eigenvalue weighted by Crippen LogP contribution is 2.24. The molecule has 96 valence electrons. The van der Waals surface area contributed by atoms with E-state index in [1.807, 2.05) is 0 Å². The van der Waals surface area contributed by atoms with Crippen LogP contribution in [0.15, 0.2) is 23.4 Å². The molecule has 0 atom stereocenters. The van der Waals surface area contributed by atoms with Crippen LogP contribution in [0, 0.1) is 5.82 Å².